The van der Waals surface area contributed by atoms with Crippen molar-refractivity contribution in [2.45, 2.75) is 26.4 Å². The number of carbonyl (C=O) groups excluding carboxylic acids is 2. The summed E-state index contributed by atoms with van der Waals surface area (Å²) in [5.41, 5.74) is 0.724. The lowest BCUT2D eigenvalue weighted by Crippen LogP contribution is -2.47. The van der Waals surface area contributed by atoms with Gasteiger partial charge in [0.25, 0.3) is 5.56 Å². The van der Waals surface area contributed by atoms with Crippen LogP contribution in [0.15, 0.2) is 35.1 Å². The van der Waals surface area contributed by atoms with E-state index in [2.05, 4.69) is 10.4 Å². The predicted octanol–water partition coefficient (Wildman–Crippen LogP) is 1.24. The summed E-state index contributed by atoms with van der Waals surface area (Å²) in [6, 6.07) is 7.29. The molecule has 1 aromatic heterocycles. The summed E-state index contributed by atoms with van der Waals surface area (Å²) in [7, 11) is 4.31. The second kappa shape index (κ2) is 9.72. The SMILES string of the molecule is COC(=O)[C@@H](NC(=O)Cn1nc(-c2ccc(OC)c(OC)c2)ccc1=O)C(C)C. The van der Waals surface area contributed by atoms with Crippen LogP contribution >= 0.6 is 0 Å². The van der Waals surface area contributed by atoms with Gasteiger partial charge in [0, 0.05) is 11.6 Å². The highest BCUT2D eigenvalue weighted by Gasteiger charge is 2.25. The quantitative estimate of drug-likeness (QED) is 0.661. The van der Waals surface area contributed by atoms with E-state index >= 15 is 0 Å². The fourth-order valence-electron chi connectivity index (χ4n) is 2.69. The first-order valence-electron chi connectivity index (χ1n) is 8.98. The molecule has 0 bridgehead atoms. The minimum atomic E-state index is -0.808. The summed E-state index contributed by atoms with van der Waals surface area (Å²) < 4.78 is 16.2. The Labute approximate surface area is 168 Å². The van der Waals surface area contributed by atoms with Crippen molar-refractivity contribution in [2.24, 2.45) is 5.92 Å². The number of ether oxygens (including phenoxy) is 3. The average Bonchev–Trinajstić information content (AvgIpc) is 2.72. The van der Waals surface area contributed by atoms with Crippen LogP contribution in [-0.4, -0.2) is 49.0 Å². The molecule has 2 rings (SSSR count). The minimum absolute atomic E-state index is 0.172. The molecule has 1 heterocycles. The standard InChI is InChI=1S/C20H25N3O6/c1-12(2)19(20(26)29-5)21-17(24)11-23-18(25)9-7-14(22-23)13-6-8-15(27-3)16(10-13)28-4/h6-10,12,19H,11H2,1-5H3,(H,21,24)/t19-/m0/s1. The Morgan fingerprint density at radius 3 is 2.34 bits per heavy atom. The first kappa shape index (κ1) is 21.9. The molecule has 29 heavy (non-hydrogen) atoms. The maximum Gasteiger partial charge on any atom is 0.328 e. The normalized spacial score (nSPS) is 11.7. The van der Waals surface area contributed by atoms with Crippen molar-refractivity contribution in [3.05, 3.63) is 40.7 Å². The van der Waals surface area contributed by atoms with Crippen molar-refractivity contribution in [3.63, 3.8) is 0 Å². The average molecular weight is 403 g/mol. The number of nitrogens with zero attached hydrogens (tertiary/aromatic N) is 2. The molecule has 0 fully saturated rings. The molecule has 1 aromatic carbocycles. The van der Waals surface area contributed by atoms with Gasteiger partial charge in [-0.15, -0.1) is 0 Å². The highest BCUT2D eigenvalue weighted by atomic mass is 16.5. The van der Waals surface area contributed by atoms with E-state index in [-0.39, 0.29) is 12.5 Å². The highest BCUT2D eigenvalue weighted by molar-refractivity contribution is 5.84. The van der Waals surface area contributed by atoms with Crippen molar-refractivity contribution in [1.82, 2.24) is 15.1 Å². The van der Waals surface area contributed by atoms with E-state index in [1.165, 1.54) is 27.4 Å². The molecular formula is C20H25N3O6. The number of hydrogen-bond donors (Lipinski definition) is 1. The maximum atomic E-state index is 12.4. The second-order valence-corrected chi connectivity index (χ2v) is 6.60. The van der Waals surface area contributed by atoms with Crippen LogP contribution in [0.1, 0.15) is 13.8 Å². The third-order valence-corrected chi connectivity index (χ3v) is 4.28. The van der Waals surface area contributed by atoms with Gasteiger partial charge in [0.1, 0.15) is 12.6 Å². The monoisotopic (exact) mass is 403 g/mol. The Hall–Kier alpha value is -3.36. The summed E-state index contributed by atoms with van der Waals surface area (Å²) in [6.45, 7) is 3.23. The van der Waals surface area contributed by atoms with E-state index in [1.54, 1.807) is 38.1 Å². The Balaban J connectivity index is 2.26. The number of hydrogen-bond acceptors (Lipinski definition) is 7. The third kappa shape index (κ3) is 5.34. The van der Waals surface area contributed by atoms with Gasteiger partial charge in [-0.3, -0.25) is 9.59 Å². The molecule has 0 aliphatic heterocycles. The maximum absolute atomic E-state index is 12.4. The molecule has 9 nitrogen and oxygen atoms in total. The van der Waals surface area contributed by atoms with Crippen LogP contribution in [0.25, 0.3) is 11.3 Å². The van der Waals surface area contributed by atoms with Gasteiger partial charge in [-0.1, -0.05) is 13.8 Å². The molecule has 9 heteroatoms. The Morgan fingerprint density at radius 2 is 1.76 bits per heavy atom. The second-order valence-electron chi connectivity index (χ2n) is 6.60. The number of methoxy groups -OCH3 is 3. The molecular weight excluding hydrogens is 378 g/mol. The van der Waals surface area contributed by atoms with Gasteiger partial charge in [0.15, 0.2) is 11.5 Å². The number of carbonyl (C=O) groups is 2. The van der Waals surface area contributed by atoms with Crippen LogP contribution in [0.4, 0.5) is 0 Å². The number of esters is 1. The zero-order chi connectivity index (χ0) is 21.6. The molecule has 0 radical (unpaired) electrons. The van der Waals surface area contributed by atoms with Crippen LogP contribution in [-0.2, 0) is 20.9 Å². The van der Waals surface area contributed by atoms with Gasteiger partial charge in [-0.05, 0) is 30.2 Å². The van der Waals surface area contributed by atoms with E-state index in [0.717, 1.165) is 4.68 Å². The molecule has 0 saturated heterocycles. The van der Waals surface area contributed by atoms with E-state index in [9.17, 15) is 14.4 Å². The predicted molar refractivity (Wildman–Crippen MR) is 106 cm³/mol. The number of amides is 1. The van der Waals surface area contributed by atoms with E-state index in [1.807, 2.05) is 0 Å². The molecule has 0 saturated carbocycles. The molecule has 2 aromatic rings. The summed E-state index contributed by atoms with van der Waals surface area (Å²) in [5, 5.41) is 6.85. The fraction of sp³-hybridized carbons (Fsp3) is 0.400. The van der Waals surface area contributed by atoms with E-state index in [4.69, 9.17) is 14.2 Å². The summed E-state index contributed by atoms with van der Waals surface area (Å²) >= 11 is 0. The molecule has 0 unspecified atom stereocenters. The molecule has 0 spiro atoms. The fourth-order valence-corrected chi connectivity index (χ4v) is 2.69. The number of aromatic nitrogens is 2. The van der Waals surface area contributed by atoms with Crippen molar-refractivity contribution in [1.29, 1.82) is 0 Å². The third-order valence-electron chi connectivity index (χ3n) is 4.28. The Kier molecular flexibility index (Phi) is 7.35. The zero-order valence-corrected chi connectivity index (χ0v) is 17.1. The van der Waals surface area contributed by atoms with Gasteiger partial charge >= 0.3 is 5.97 Å². The summed E-state index contributed by atoms with van der Waals surface area (Å²) in [6.07, 6.45) is 0. The van der Waals surface area contributed by atoms with Crippen molar-refractivity contribution < 1.29 is 23.8 Å². The van der Waals surface area contributed by atoms with Gasteiger partial charge in [0.2, 0.25) is 5.91 Å². The van der Waals surface area contributed by atoms with E-state index < -0.39 is 23.5 Å². The zero-order valence-electron chi connectivity index (χ0n) is 17.1. The Morgan fingerprint density at radius 1 is 1.07 bits per heavy atom. The Bertz CT molecular complexity index is 938. The summed E-state index contributed by atoms with van der Waals surface area (Å²) in [4.78, 5) is 36.3. The minimum Gasteiger partial charge on any atom is -0.493 e. The number of nitrogens with one attached hydrogen (secondary N) is 1. The molecule has 0 aliphatic rings. The van der Waals surface area contributed by atoms with E-state index in [0.29, 0.717) is 22.8 Å². The first-order valence-corrected chi connectivity index (χ1v) is 8.98. The molecule has 1 amide bonds. The van der Waals surface area contributed by atoms with Gasteiger partial charge in [0.05, 0.1) is 27.0 Å². The lowest BCUT2D eigenvalue weighted by Gasteiger charge is -2.19. The molecule has 1 atom stereocenters. The van der Waals surface area contributed by atoms with Gasteiger partial charge < -0.3 is 19.5 Å². The summed E-state index contributed by atoms with van der Waals surface area (Å²) in [5.74, 6) is -0.165. The topological polar surface area (TPSA) is 109 Å². The smallest absolute Gasteiger partial charge is 0.328 e. The first-order chi connectivity index (χ1) is 13.8. The largest absolute Gasteiger partial charge is 0.493 e. The molecule has 1 N–H and O–H groups in total. The van der Waals surface area contributed by atoms with Crippen LogP contribution in [0, 0.1) is 5.92 Å². The lowest BCUT2D eigenvalue weighted by atomic mass is 10.0. The van der Waals surface area contributed by atoms with Crippen LogP contribution < -0.4 is 20.3 Å². The molecule has 0 aliphatic carbocycles. The van der Waals surface area contributed by atoms with Crippen molar-refractivity contribution in [2.75, 3.05) is 21.3 Å². The van der Waals surface area contributed by atoms with Gasteiger partial charge in [-0.2, -0.15) is 5.10 Å². The van der Waals surface area contributed by atoms with Crippen LogP contribution in [0.2, 0.25) is 0 Å². The lowest BCUT2D eigenvalue weighted by molar-refractivity contribution is -0.146. The number of rotatable bonds is 8. The van der Waals surface area contributed by atoms with Crippen LogP contribution in [0.3, 0.4) is 0 Å². The van der Waals surface area contributed by atoms with Crippen molar-refractivity contribution in [3.8, 4) is 22.8 Å². The van der Waals surface area contributed by atoms with Crippen LogP contribution in [0.5, 0.6) is 11.5 Å². The number of benzene rings is 1. The molecule has 156 valence electrons. The van der Waals surface area contributed by atoms with Gasteiger partial charge in [-0.25, -0.2) is 9.48 Å². The van der Waals surface area contributed by atoms with Crippen molar-refractivity contribution >= 4 is 11.9 Å². The highest BCUT2D eigenvalue weighted by Crippen LogP contribution is 2.31.